The highest BCUT2D eigenvalue weighted by Gasteiger charge is 1.99. The topological polar surface area (TPSA) is 33.0 Å². The monoisotopic (exact) mass is 173 g/mol. The van der Waals surface area contributed by atoms with Crippen LogP contribution in [0.3, 0.4) is 0 Å². The van der Waals surface area contributed by atoms with Gasteiger partial charge in [-0.25, -0.2) is 0 Å². The summed E-state index contributed by atoms with van der Waals surface area (Å²) in [5.41, 5.74) is 0.936. The maximum absolute atomic E-state index is 8.52. The van der Waals surface area contributed by atoms with Gasteiger partial charge in [0.1, 0.15) is 5.76 Å². The van der Waals surface area contributed by atoms with Gasteiger partial charge in [0.25, 0.3) is 0 Å². The Kier molecular flexibility index (Phi) is 3.59. The molecule has 1 aromatic carbocycles. The lowest BCUT2D eigenvalue weighted by Crippen LogP contribution is -1.90. The predicted molar refractivity (Wildman–Crippen MR) is 51.7 cm³/mol. The van der Waals surface area contributed by atoms with Gasteiger partial charge in [0.15, 0.2) is 0 Å². The summed E-state index contributed by atoms with van der Waals surface area (Å²) in [7, 11) is 0. The number of hydrogen-bond donors (Lipinski definition) is 0. The van der Waals surface area contributed by atoms with E-state index >= 15 is 0 Å². The third-order valence-electron chi connectivity index (χ3n) is 1.55. The Balaban J connectivity index is 2.91. The first-order chi connectivity index (χ1) is 6.38. The molecule has 2 nitrogen and oxygen atoms in total. The van der Waals surface area contributed by atoms with Crippen molar-refractivity contribution in [1.82, 2.24) is 0 Å². The van der Waals surface area contributed by atoms with Crippen molar-refractivity contribution in [3.63, 3.8) is 0 Å². The fourth-order valence-electron chi connectivity index (χ4n) is 1.02. The summed E-state index contributed by atoms with van der Waals surface area (Å²) in [5, 5.41) is 8.52. The number of allylic oxidation sites excluding steroid dienone is 1. The largest absolute Gasteiger partial charge is 0.493 e. The first-order valence-electron chi connectivity index (χ1n) is 4.16. The van der Waals surface area contributed by atoms with Crippen LogP contribution < -0.4 is 0 Å². The van der Waals surface area contributed by atoms with Crippen molar-refractivity contribution in [3.05, 3.63) is 42.0 Å². The zero-order chi connectivity index (χ0) is 9.52. The molecule has 0 aromatic heterocycles. The van der Waals surface area contributed by atoms with Crippen molar-refractivity contribution < 1.29 is 4.74 Å². The second-order valence-electron chi connectivity index (χ2n) is 2.44. The van der Waals surface area contributed by atoms with E-state index in [9.17, 15) is 0 Å². The molecule has 0 bridgehead atoms. The number of ether oxygens (including phenoxy) is 1. The standard InChI is InChI=1S/C11H11NO/c1-2-13-11(8-9-12)10-6-4-3-5-7-10/h3-8H,2H2,1H3. The number of benzene rings is 1. The van der Waals surface area contributed by atoms with Gasteiger partial charge in [0, 0.05) is 5.56 Å². The summed E-state index contributed by atoms with van der Waals surface area (Å²) in [5.74, 6) is 0.630. The normalized spacial score (nSPS) is 10.6. The Labute approximate surface area is 78.1 Å². The van der Waals surface area contributed by atoms with E-state index in [0.717, 1.165) is 5.56 Å². The molecule has 0 saturated carbocycles. The minimum atomic E-state index is 0.572. The minimum Gasteiger partial charge on any atom is -0.493 e. The first-order valence-corrected chi connectivity index (χ1v) is 4.16. The van der Waals surface area contributed by atoms with Crippen LogP contribution in [0.2, 0.25) is 0 Å². The molecular formula is C11H11NO. The Morgan fingerprint density at radius 1 is 1.46 bits per heavy atom. The molecule has 0 saturated heterocycles. The van der Waals surface area contributed by atoms with Crippen molar-refractivity contribution in [2.24, 2.45) is 0 Å². The predicted octanol–water partition coefficient (Wildman–Crippen LogP) is 2.59. The van der Waals surface area contributed by atoms with Gasteiger partial charge < -0.3 is 4.74 Å². The van der Waals surface area contributed by atoms with E-state index in [4.69, 9.17) is 10.00 Å². The Hall–Kier alpha value is -1.75. The van der Waals surface area contributed by atoms with Crippen LogP contribution >= 0.6 is 0 Å². The molecule has 0 unspecified atom stereocenters. The molecule has 13 heavy (non-hydrogen) atoms. The van der Waals surface area contributed by atoms with E-state index < -0.39 is 0 Å². The first kappa shape index (κ1) is 9.34. The molecular weight excluding hydrogens is 162 g/mol. The molecule has 0 amide bonds. The smallest absolute Gasteiger partial charge is 0.136 e. The van der Waals surface area contributed by atoms with Gasteiger partial charge in [-0.3, -0.25) is 0 Å². The van der Waals surface area contributed by atoms with Crippen molar-refractivity contribution in [1.29, 1.82) is 5.26 Å². The van der Waals surface area contributed by atoms with Gasteiger partial charge in [-0.2, -0.15) is 5.26 Å². The number of nitrogens with zero attached hydrogens (tertiary/aromatic N) is 1. The molecule has 0 aliphatic carbocycles. The van der Waals surface area contributed by atoms with E-state index in [1.54, 1.807) is 0 Å². The molecule has 0 aliphatic rings. The highest BCUT2D eigenvalue weighted by atomic mass is 16.5. The Morgan fingerprint density at radius 3 is 2.69 bits per heavy atom. The van der Waals surface area contributed by atoms with E-state index in [1.165, 1.54) is 6.08 Å². The van der Waals surface area contributed by atoms with Crippen LogP contribution in [0.15, 0.2) is 36.4 Å². The van der Waals surface area contributed by atoms with Crippen molar-refractivity contribution >= 4 is 5.76 Å². The third-order valence-corrected chi connectivity index (χ3v) is 1.55. The van der Waals surface area contributed by atoms with Crippen LogP contribution in [0.4, 0.5) is 0 Å². The lowest BCUT2D eigenvalue weighted by atomic mass is 10.2. The average molecular weight is 173 g/mol. The molecule has 0 aliphatic heterocycles. The van der Waals surface area contributed by atoms with Gasteiger partial charge in [-0.05, 0) is 6.92 Å². The van der Waals surface area contributed by atoms with Gasteiger partial charge >= 0.3 is 0 Å². The fourth-order valence-corrected chi connectivity index (χ4v) is 1.02. The zero-order valence-electron chi connectivity index (χ0n) is 7.53. The quantitative estimate of drug-likeness (QED) is 0.520. The van der Waals surface area contributed by atoms with Crippen LogP contribution in [0.25, 0.3) is 5.76 Å². The van der Waals surface area contributed by atoms with Crippen LogP contribution in [-0.4, -0.2) is 6.61 Å². The van der Waals surface area contributed by atoms with Crippen LogP contribution in [0.5, 0.6) is 0 Å². The van der Waals surface area contributed by atoms with Crippen molar-refractivity contribution in [3.8, 4) is 6.07 Å². The Bertz CT molecular complexity index is 322. The maximum Gasteiger partial charge on any atom is 0.136 e. The van der Waals surface area contributed by atoms with E-state index in [2.05, 4.69) is 0 Å². The van der Waals surface area contributed by atoms with Gasteiger partial charge in [-0.1, -0.05) is 30.3 Å². The second kappa shape index (κ2) is 5.00. The fraction of sp³-hybridized carbons (Fsp3) is 0.182. The summed E-state index contributed by atoms with van der Waals surface area (Å²) in [6, 6.07) is 11.6. The maximum atomic E-state index is 8.52. The summed E-state index contributed by atoms with van der Waals surface area (Å²) in [6.45, 7) is 2.47. The molecule has 1 aromatic rings. The van der Waals surface area contributed by atoms with Crippen LogP contribution in [0, 0.1) is 11.3 Å². The van der Waals surface area contributed by atoms with Gasteiger partial charge in [0.05, 0.1) is 18.8 Å². The van der Waals surface area contributed by atoms with Crippen LogP contribution in [-0.2, 0) is 4.74 Å². The summed E-state index contributed by atoms with van der Waals surface area (Å²) in [4.78, 5) is 0. The molecule has 0 atom stereocenters. The lowest BCUT2D eigenvalue weighted by Gasteiger charge is -2.06. The Morgan fingerprint density at radius 2 is 2.15 bits per heavy atom. The molecule has 0 heterocycles. The van der Waals surface area contributed by atoms with Crippen molar-refractivity contribution in [2.45, 2.75) is 6.92 Å². The zero-order valence-corrected chi connectivity index (χ0v) is 7.53. The minimum absolute atomic E-state index is 0.572. The van der Waals surface area contributed by atoms with Crippen LogP contribution in [0.1, 0.15) is 12.5 Å². The lowest BCUT2D eigenvalue weighted by molar-refractivity contribution is 0.298. The number of hydrogen-bond acceptors (Lipinski definition) is 2. The SMILES string of the molecule is CCOC(=CC#N)c1ccccc1. The molecule has 2 heteroatoms. The van der Waals surface area contributed by atoms with Gasteiger partial charge in [0.2, 0.25) is 0 Å². The van der Waals surface area contributed by atoms with Gasteiger partial charge in [-0.15, -0.1) is 0 Å². The highest BCUT2D eigenvalue weighted by Crippen LogP contribution is 2.14. The van der Waals surface area contributed by atoms with Crippen molar-refractivity contribution in [2.75, 3.05) is 6.61 Å². The summed E-state index contributed by atoms with van der Waals surface area (Å²) in [6.07, 6.45) is 1.42. The van der Waals surface area contributed by atoms with E-state index in [-0.39, 0.29) is 0 Å². The number of nitriles is 1. The summed E-state index contributed by atoms with van der Waals surface area (Å²) < 4.78 is 5.31. The molecule has 0 fully saturated rings. The molecule has 0 radical (unpaired) electrons. The molecule has 0 spiro atoms. The molecule has 0 N–H and O–H groups in total. The molecule has 66 valence electrons. The summed E-state index contributed by atoms with van der Waals surface area (Å²) >= 11 is 0. The highest BCUT2D eigenvalue weighted by molar-refractivity contribution is 5.61. The average Bonchev–Trinajstić information content (AvgIpc) is 2.19. The third kappa shape index (κ3) is 2.64. The molecule has 1 rings (SSSR count). The van der Waals surface area contributed by atoms with E-state index in [0.29, 0.717) is 12.4 Å². The van der Waals surface area contributed by atoms with E-state index in [1.807, 2.05) is 43.3 Å². The second-order valence-corrected chi connectivity index (χ2v) is 2.44. The number of rotatable bonds is 3.